The Hall–Kier alpha value is -2.62. The molecule has 4 unspecified atom stereocenters. The van der Waals surface area contributed by atoms with Crippen LogP contribution in [0.15, 0.2) is 70.6 Å². The Labute approximate surface area is 206 Å². The molecule has 4 rings (SSSR count). The van der Waals surface area contributed by atoms with Gasteiger partial charge in [-0.1, -0.05) is 82.9 Å². The number of hydrogen-bond donors (Lipinski definition) is 0. The lowest BCUT2D eigenvalue weighted by Gasteiger charge is -2.29. The van der Waals surface area contributed by atoms with Crippen molar-refractivity contribution < 1.29 is 9.47 Å². The number of benzene rings is 2. The van der Waals surface area contributed by atoms with Crippen LogP contribution in [0.2, 0.25) is 0 Å². The Morgan fingerprint density at radius 3 is 1.79 bits per heavy atom. The largest absolute Gasteiger partial charge is 0.474 e. The van der Waals surface area contributed by atoms with Gasteiger partial charge in [0.15, 0.2) is 0 Å². The van der Waals surface area contributed by atoms with E-state index in [1.807, 2.05) is 36.4 Å². The molecule has 0 saturated heterocycles. The van der Waals surface area contributed by atoms with Crippen molar-refractivity contribution in [3.05, 3.63) is 71.8 Å². The second-order valence-corrected chi connectivity index (χ2v) is 9.52. The average Bonchev–Trinajstić information content (AvgIpc) is 2.89. The molecule has 0 aliphatic carbocycles. The zero-order valence-corrected chi connectivity index (χ0v) is 21.5. The molecule has 2 heterocycles. The molecular weight excluding hydrogens is 420 g/mol. The van der Waals surface area contributed by atoms with Gasteiger partial charge in [-0.25, -0.2) is 0 Å². The maximum absolute atomic E-state index is 6.04. The van der Waals surface area contributed by atoms with Crippen LogP contribution in [0, 0.1) is 11.8 Å². The number of nitrogens with zero attached hydrogens (tertiary/aromatic N) is 2. The molecule has 0 radical (unpaired) electrons. The lowest BCUT2D eigenvalue weighted by molar-refractivity contribution is 0.108. The van der Waals surface area contributed by atoms with E-state index in [4.69, 9.17) is 9.47 Å². The normalized spacial score (nSPS) is 24.0. The van der Waals surface area contributed by atoms with Crippen molar-refractivity contribution in [2.24, 2.45) is 21.8 Å². The Bertz CT molecular complexity index is 895. The minimum atomic E-state index is 0.286. The van der Waals surface area contributed by atoms with Crippen molar-refractivity contribution in [1.29, 1.82) is 0 Å². The first-order chi connectivity index (χ1) is 16.6. The highest BCUT2D eigenvalue weighted by Gasteiger charge is 2.25. The molecule has 2 aromatic carbocycles. The third-order valence-corrected chi connectivity index (χ3v) is 6.66. The summed E-state index contributed by atoms with van der Waals surface area (Å²) in [7, 11) is 0. The maximum Gasteiger partial charge on any atom is 0.216 e. The fraction of sp³-hybridized carbons (Fsp3) is 0.533. The van der Waals surface area contributed by atoms with Gasteiger partial charge in [-0.05, 0) is 44.0 Å². The van der Waals surface area contributed by atoms with Crippen LogP contribution in [0.25, 0.3) is 0 Å². The molecule has 0 bridgehead atoms. The van der Waals surface area contributed by atoms with Gasteiger partial charge in [-0.3, -0.25) is 9.98 Å². The van der Waals surface area contributed by atoms with Gasteiger partial charge < -0.3 is 9.47 Å². The summed E-state index contributed by atoms with van der Waals surface area (Å²) in [5.41, 5.74) is 2.19. The Morgan fingerprint density at radius 2 is 1.24 bits per heavy atom. The van der Waals surface area contributed by atoms with Crippen LogP contribution in [-0.4, -0.2) is 37.1 Å². The summed E-state index contributed by atoms with van der Waals surface area (Å²) in [4.78, 5) is 9.11. The molecule has 4 atom stereocenters. The smallest absolute Gasteiger partial charge is 0.216 e. The van der Waals surface area contributed by atoms with Gasteiger partial charge in [-0.2, -0.15) is 0 Å². The first-order valence-corrected chi connectivity index (χ1v) is 13.1. The molecule has 34 heavy (non-hydrogen) atoms. The molecule has 0 amide bonds. The molecular formula is C30H42N2O2. The Balaban J connectivity index is 0.000000191. The number of unbranched alkanes of at least 4 members (excludes halogenated alkanes) is 2. The number of hydrogen-bond acceptors (Lipinski definition) is 4. The third-order valence-electron chi connectivity index (χ3n) is 6.66. The van der Waals surface area contributed by atoms with Gasteiger partial charge in [0.05, 0.1) is 0 Å². The summed E-state index contributed by atoms with van der Waals surface area (Å²) < 4.78 is 12.0. The summed E-state index contributed by atoms with van der Waals surface area (Å²) in [5.74, 6) is 2.76. The highest BCUT2D eigenvalue weighted by molar-refractivity contribution is 5.95. The van der Waals surface area contributed by atoms with E-state index in [-0.39, 0.29) is 6.10 Å². The second-order valence-electron chi connectivity index (χ2n) is 9.52. The lowest BCUT2D eigenvalue weighted by atomic mass is 9.96. The van der Waals surface area contributed by atoms with Crippen LogP contribution in [0.1, 0.15) is 77.3 Å². The van der Waals surface area contributed by atoms with Gasteiger partial charge in [0, 0.05) is 36.1 Å². The molecule has 0 aromatic heterocycles. The zero-order chi connectivity index (χ0) is 24.2. The minimum absolute atomic E-state index is 0.286. The van der Waals surface area contributed by atoms with Gasteiger partial charge in [0.1, 0.15) is 12.2 Å². The topological polar surface area (TPSA) is 43.2 Å². The van der Waals surface area contributed by atoms with Crippen molar-refractivity contribution in [3.63, 3.8) is 0 Å². The molecule has 4 nitrogen and oxygen atoms in total. The molecule has 2 aliphatic heterocycles. The van der Waals surface area contributed by atoms with Gasteiger partial charge in [0.2, 0.25) is 11.8 Å². The van der Waals surface area contributed by atoms with E-state index in [9.17, 15) is 0 Å². The number of aliphatic imine (C=N–C) groups is 2. The van der Waals surface area contributed by atoms with Gasteiger partial charge >= 0.3 is 0 Å². The van der Waals surface area contributed by atoms with Crippen molar-refractivity contribution in [2.45, 2.75) is 78.4 Å². The summed E-state index contributed by atoms with van der Waals surface area (Å²) >= 11 is 0. The number of ether oxygens (including phenoxy) is 2. The monoisotopic (exact) mass is 462 g/mol. The van der Waals surface area contributed by atoms with Crippen LogP contribution in [0.4, 0.5) is 0 Å². The Kier molecular flexibility index (Phi) is 10.7. The van der Waals surface area contributed by atoms with Crippen molar-refractivity contribution in [2.75, 3.05) is 13.1 Å². The van der Waals surface area contributed by atoms with Crippen LogP contribution in [0.3, 0.4) is 0 Å². The van der Waals surface area contributed by atoms with Crippen LogP contribution < -0.4 is 0 Å². The molecule has 2 aliphatic rings. The maximum atomic E-state index is 6.04. The molecule has 4 heteroatoms. The highest BCUT2D eigenvalue weighted by atomic mass is 16.5. The first-order valence-electron chi connectivity index (χ1n) is 13.1. The molecule has 2 aromatic rings. The molecule has 0 spiro atoms. The zero-order valence-electron chi connectivity index (χ0n) is 21.5. The van der Waals surface area contributed by atoms with E-state index in [0.29, 0.717) is 17.9 Å². The molecule has 184 valence electrons. The van der Waals surface area contributed by atoms with E-state index in [2.05, 4.69) is 61.9 Å². The van der Waals surface area contributed by atoms with E-state index in [1.54, 1.807) is 0 Å². The SMILES string of the molecule is CCCCC1CN=C(c2ccccc2)OC1C.CCCCC1OC(c2ccccc2)=NCC1C. The van der Waals surface area contributed by atoms with Crippen molar-refractivity contribution in [3.8, 4) is 0 Å². The fourth-order valence-corrected chi connectivity index (χ4v) is 4.32. The third kappa shape index (κ3) is 7.72. The standard InChI is InChI=1S/2C15H21NO/c1-3-4-10-14-12(2)11-16-15(17-14)13-8-6-5-7-9-13;1-3-4-8-14-11-16-15(17-12(14)2)13-9-6-5-7-10-13/h5-9,12,14H,3-4,10-11H2,1-2H3;5-7,9-10,12,14H,3-4,8,11H2,1-2H3. The van der Waals surface area contributed by atoms with E-state index < -0.39 is 0 Å². The van der Waals surface area contributed by atoms with Gasteiger partial charge in [0.25, 0.3) is 0 Å². The van der Waals surface area contributed by atoms with Crippen molar-refractivity contribution in [1.82, 2.24) is 0 Å². The summed E-state index contributed by atoms with van der Waals surface area (Å²) in [6, 6.07) is 20.4. The minimum Gasteiger partial charge on any atom is -0.474 e. The molecule has 0 N–H and O–H groups in total. The number of rotatable bonds is 8. The summed E-state index contributed by atoms with van der Waals surface area (Å²) in [6.45, 7) is 10.6. The summed E-state index contributed by atoms with van der Waals surface area (Å²) in [6.07, 6.45) is 7.97. The van der Waals surface area contributed by atoms with E-state index in [1.165, 1.54) is 32.1 Å². The van der Waals surface area contributed by atoms with E-state index in [0.717, 1.165) is 42.4 Å². The highest BCUT2D eigenvalue weighted by Crippen LogP contribution is 2.23. The van der Waals surface area contributed by atoms with Crippen LogP contribution >= 0.6 is 0 Å². The average molecular weight is 463 g/mol. The van der Waals surface area contributed by atoms with Crippen LogP contribution in [-0.2, 0) is 9.47 Å². The summed E-state index contributed by atoms with van der Waals surface area (Å²) in [5, 5.41) is 0. The molecule has 0 saturated carbocycles. The first kappa shape index (κ1) is 26.0. The fourth-order valence-electron chi connectivity index (χ4n) is 4.32. The quantitative estimate of drug-likeness (QED) is 0.412. The van der Waals surface area contributed by atoms with Gasteiger partial charge in [-0.15, -0.1) is 0 Å². The van der Waals surface area contributed by atoms with E-state index >= 15 is 0 Å². The van der Waals surface area contributed by atoms with Crippen LogP contribution in [0.5, 0.6) is 0 Å². The second kappa shape index (κ2) is 13.9. The lowest BCUT2D eigenvalue weighted by Crippen LogP contribution is -2.32. The Morgan fingerprint density at radius 1 is 0.706 bits per heavy atom. The predicted molar refractivity (Wildman–Crippen MR) is 143 cm³/mol. The van der Waals surface area contributed by atoms with Crippen molar-refractivity contribution >= 4 is 11.8 Å². The molecule has 0 fully saturated rings. The predicted octanol–water partition coefficient (Wildman–Crippen LogP) is 7.32.